The fourth-order valence-corrected chi connectivity index (χ4v) is 5.91. The average Bonchev–Trinajstić information content (AvgIpc) is 3.48. The molecule has 1 aliphatic heterocycles. The molecule has 0 amide bonds. The molecule has 0 bridgehead atoms. The van der Waals surface area contributed by atoms with Gasteiger partial charge >= 0.3 is 0 Å². The molecule has 8 nitrogen and oxygen atoms in total. The molecule has 41 heavy (non-hydrogen) atoms. The van der Waals surface area contributed by atoms with Crippen LogP contribution in [0.2, 0.25) is 0 Å². The van der Waals surface area contributed by atoms with E-state index in [1.165, 1.54) is 11.1 Å². The van der Waals surface area contributed by atoms with Crippen molar-refractivity contribution in [1.29, 1.82) is 0 Å². The molecule has 1 fully saturated rings. The van der Waals surface area contributed by atoms with Gasteiger partial charge in [0.15, 0.2) is 5.65 Å². The first-order valence-electron chi connectivity index (χ1n) is 14.5. The Kier molecular flexibility index (Phi) is 8.04. The Morgan fingerprint density at radius 1 is 0.756 bits per heavy atom. The summed E-state index contributed by atoms with van der Waals surface area (Å²) in [4.78, 5) is 16.2. The molecule has 8 heteroatoms. The predicted octanol–water partition coefficient (Wildman–Crippen LogP) is 5.06. The van der Waals surface area contributed by atoms with Gasteiger partial charge in [0.1, 0.15) is 18.4 Å². The molecular formula is C33H37N7O. The van der Waals surface area contributed by atoms with Crippen LogP contribution in [0.25, 0.3) is 16.7 Å². The van der Waals surface area contributed by atoms with E-state index in [0.29, 0.717) is 0 Å². The Hall–Kier alpha value is -4.11. The molecule has 0 saturated carbocycles. The number of aliphatic hydroxyl groups is 1. The standard InChI is InChI=1S/C33H37N7O/c1-3-37(4-2)33(41)27-17-15-26(16-18-27)30(25-11-7-5-8-12-25)38-19-21-39(22-20-38)31-29-23-36-40(32(29)35-24-34-31)28-13-9-6-10-14-28/h5-18,23-24,30,33,41H,3-4,19-22H2,1-2H3. The number of para-hydroxylation sites is 1. The molecule has 0 spiro atoms. The van der Waals surface area contributed by atoms with Crippen LogP contribution < -0.4 is 4.90 Å². The van der Waals surface area contributed by atoms with E-state index in [0.717, 1.165) is 67.4 Å². The van der Waals surface area contributed by atoms with Crippen molar-refractivity contribution in [2.75, 3.05) is 44.2 Å². The summed E-state index contributed by atoms with van der Waals surface area (Å²) in [7, 11) is 0. The first-order chi connectivity index (χ1) is 20.2. The van der Waals surface area contributed by atoms with Crippen molar-refractivity contribution in [1.82, 2.24) is 29.5 Å². The summed E-state index contributed by atoms with van der Waals surface area (Å²) in [5.74, 6) is 0.933. The van der Waals surface area contributed by atoms with Gasteiger partial charge in [-0.3, -0.25) is 9.80 Å². The fourth-order valence-electron chi connectivity index (χ4n) is 5.91. The van der Waals surface area contributed by atoms with Gasteiger partial charge in [0, 0.05) is 26.2 Å². The second kappa shape index (κ2) is 12.2. The Labute approximate surface area is 241 Å². The number of hydrogen-bond acceptors (Lipinski definition) is 7. The van der Waals surface area contributed by atoms with Gasteiger partial charge in [0.05, 0.1) is 23.3 Å². The van der Waals surface area contributed by atoms with Gasteiger partial charge in [0.25, 0.3) is 0 Å². The normalized spacial score (nSPS) is 15.9. The van der Waals surface area contributed by atoms with Gasteiger partial charge in [-0.25, -0.2) is 14.6 Å². The van der Waals surface area contributed by atoms with E-state index in [1.807, 2.05) is 41.2 Å². The zero-order chi connectivity index (χ0) is 28.2. The molecule has 1 aliphatic rings. The Morgan fingerprint density at radius 3 is 2.02 bits per heavy atom. The lowest BCUT2D eigenvalue weighted by molar-refractivity contribution is 0.00899. The molecule has 2 atom stereocenters. The number of anilines is 1. The second-order valence-corrected chi connectivity index (χ2v) is 10.4. The fraction of sp³-hybridized carbons (Fsp3) is 0.303. The van der Waals surface area contributed by atoms with Crippen molar-refractivity contribution in [3.63, 3.8) is 0 Å². The molecule has 1 N–H and O–H groups in total. The zero-order valence-corrected chi connectivity index (χ0v) is 23.7. The smallest absolute Gasteiger partial charge is 0.168 e. The van der Waals surface area contributed by atoms with Crippen molar-refractivity contribution in [3.8, 4) is 5.69 Å². The van der Waals surface area contributed by atoms with E-state index in [1.54, 1.807) is 6.33 Å². The number of aromatic nitrogens is 4. The number of fused-ring (bicyclic) bond motifs is 1. The number of nitrogens with zero attached hydrogens (tertiary/aromatic N) is 7. The summed E-state index contributed by atoms with van der Waals surface area (Å²) >= 11 is 0. The van der Waals surface area contributed by atoms with Crippen LogP contribution in [0, 0.1) is 0 Å². The highest BCUT2D eigenvalue weighted by Gasteiger charge is 2.28. The van der Waals surface area contributed by atoms with E-state index < -0.39 is 6.23 Å². The maximum absolute atomic E-state index is 10.8. The zero-order valence-electron chi connectivity index (χ0n) is 23.7. The lowest BCUT2D eigenvalue weighted by atomic mass is 9.95. The minimum Gasteiger partial charge on any atom is -0.374 e. The topological polar surface area (TPSA) is 73.6 Å². The quantitative estimate of drug-likeness (QED) is 0.259. The minimum atomic E-state index is -0.589. The van der Waals surface area contributed by atoms with E-state index in [-0.39, 0.29) is 6.04 Å². The van der Waals surface area contributed by atoms with Gasteiger partial charge in [0.2, 0.25) is 0 Å². The van der Waals surface area contributed by atoms with Gasteiger partial charge in [-0.1, -0.05) is 86.6 Å². The maximum Gasteiger partial charge on any atom is 0.168 e. The molecule has 210 valence electrons. The van der Waals surface area contributed by atoms with Crippen LogP contribution in [-0.2, 0) is 0 Å². The summed E-state index contributed by atoms with van der Waals surface area (Å²) < 4.78 is 1.88. The van der Waals surface area contributed by atoms with Crippen molar-refractivity contribution < 1.29 is 5.11 Å². The number of aliphatic hydroxyl groups excluding tert-OH is 1. The summed E-state index contributed by atoms with van der Waals surface area (Å²) in [6.45, 7) is 9.25. The first-order valence-corrected chi connectivity index (χ1v) is 14.5. The summed E-state index contributed by atoms with van der Waals surface area (Å²) in [5, 5.41) is 16.5. The van der Waals surface area contributed by atoms with Crippen LogP contribution in [0.5, 0.6) is 0 Å². The van der Waals surface area contributed by atoms with Crippen LogP contribution in [0.4, 0.5) is 5.82 Å². The molecule has 0 aliphatic carbocycles. The minimum absolute atomic E-state index is 0.129. The molecule has 2 unspecified atom stereocenters. The van der Waals surface area contributed by atoms with E-state index in [2.05, 4.69) is 93.2 Å². The Balaban J connectivity index is 1.23. The van der Waals surface area contributed by atoms with Gasteiger partial charge in [-0.15, -0.1) is 0 Å². The second-order valence-electron chi connectivity index (χ2n) is 10.4. The number of hydrogen-bond donors (Lipinski definition) is 1. The van der Waals surface area contributed by atoms with Crippen molar-refractivity contribution >= 4 is 16.9 Å². The monoisotopic (exact) mass is 547 g/mol. The number of piperazine rings is 1. The molecule has 2 aromatic heterocycles. The van der Waals surface area contributed by atoms with Crippen LogP contribution in [0.3, 0.4) is 0 Å². The Morgan fingerprint density at radius 2 is 1.37 bits per heavy atom. The van der Waals surface area contributed by atoms with E-state index >= 15 is 0 Å². The molecule has 3 heterocycles. The molecule has 5 aromatic rings. The van der Waals surface area contributed by atoms with Gasteiger partial charge < -0.3 is 10.0 Å². The molecule has 0 radical (unpaired) electrons. The van der Waals surface area contributed by atoms with Crippen LogP contribution in [0.15, 0.2) is 97.5 Å². The molecule has 1 saturated heterocycles. The van der Waals surface area contributed by atoms with Crippen LogP contribution >= 0.6 is 0 Å². The number of benzene rings is 3. The molecule has 3 aromatic carbocycles. The summed E-state index contributed by atoms with van der Waals surface area (Å²) in [5.41, 5.74) is 5.23. The average molecular weight is 548 g/mol. The Bertz CT molecular complexity index is 1540. The largest absolute Gasteiger partial charge is 0.374 e. The van der Waals surface area contributed by atoms with Crippen LogP contribution in [-0.4, -0.2) is 73.9 Å². The first kappa shape index (κ1) is 27.1. The van der Waals surface area contributed by atoms with Crippen molar-refractivity contribution in [2.24, 2.45) is 0 Å². The van der Waals surface area contributed by atoms with Crippen molar-refractivity contribution in [2.45, 2.75) is 26.1 Å². The summed E-state index contributed by atoms with van der Waals surface area (Å²) in [6.07, 6.45) is 2.94. The third-order valence-corrected chi connectivity index (χ3v) is 8.15. The van der Waals surface area contributed by atoms with Crippen molar-refractivity contribution in [3.05, 3.63) is 114 Å². The third-order valence-electron chi connectivity index (χ3n) is 8.15. The van der Waals surface area contributed by atoms with E-state index in [4.69, 9.17) is 4.98 Å². The number of rotatable bonds is 9. The SMILES string of the molecule is CCN(CC)C(O)c1ccc(C(c2ccccc2)N2CCN(c3ncnc4c3cnn4-c3ccccc3)CC2)cc1. The van der Waals surface area contributed by atoms with E-state index in [9.17, 15) is 5.11 Å². The van der Waals surface area contributed by atoms with Gasteiger partial charge in [-0.2, -0.15) is 5.10 Å². The predicted molar refractivity (Wildman–Crippen MR) is 163 cm³/mol. The lowest BCUT2D eigenvalue weighted by Crippen LogP contribution is -2.48. The molecule has 6 rings (SSSR count). The lowest BCUT2D eigenvalue weighted by Gasteiger charge is -2.40. The molecular weight excluding hydrogens is 510 g/mol. The third kappa shape index (κ3) is 5.46. The highest BCUT2D eigenvalue weighted by atomic mass is 16.3. The summed E-state index contributed by atoms with van der Waals surface area (Å²) in [6, 6.07) is 29.4. The highest BCUT2D eigenvalue weighted by molar-refractivity contribution is 5.87. The highest BCUT2D eigenvalue weighted by Crippen LogP contribution is 2.32. The van der Waals surface area contributed by atoms with Gasteiger partial charge in [-0.05, 0) is 41.9 Å². The maximum atomic E-state index is 10.8. The van der Waals surface area contributed by atoms with Crippen LogP contribution in [0.1, 0.15) is 42.8 Å².